The number of carbonyl (C=O) groups excluding carboxylic acids is 1. The van der Waals surface area contributed by atoms with Crippen molar-refractivity contribution in [1.29, 1.82) is 0 Å². The normalized spacial score (nSPS) is 12.4. The van der Waals surface area contributed by atoms with Crippen molar-refractivity contribution in [3.05, 3.63) is 88.4 Å². The van der Waals surface area contributed by atoms with Gasteiger partial charge in [-0.3, -0.25) is 4.79 Å². The minimum atomic E-state index is -4.41. The quantitative estimate of drug-likeness (QED) is 0.396. The van der Waals surface area contributed by atoms with E-state index in [9.17, 15) is 18.0 Å². The predicted molar refractivity (Wildman–Crippen MR) is 123 cm³/mol. The molecule has 2 aromatic heterocycles. The smallest absolute Gasteiger partial charge is 0.416 e. The van der Waals surface area contributed by atoms with Crippen LogP contribution in [-0.2, 0) is 13.2 Å². The van der Waals surface area contributed by atoms with Gasteiger partial charge in [0.05, 0.1) is 18.4 Å². The third-order valence-corrected chi connectivity index (χ3v) is 6.51. The van der Waals surface area contributed by atoms with Gasteiger partial charge in [0.1, 0.15) is 27.5 Å². The third kappa shape index (κ3) is 4.81. The van der Waals surface area contributed by atoms with Crippen LogP contribution in [0.3, 0.4) is 0 Å². The van der Waals surface area contributed by atoms with E-state index in [0.29, 0.717) is 32.7 Å². The highest BCUT2D eigenvalue weighted by Crippen LogP contribution is 2.33. The second-order valence-corrected chi connectivity index (χ2v) is 8.58. The van der Waals surface area contributed by atoms with Crippen LogP contribution in [0.15, 0.2) is 60.9 Å². The molecule has 1 N–H and O–H groups in total. The number of imidazole rings is 1. The Labute approximate surface area is 198 Å². The highest BCUT2D eigenvalue weighted by molar-refractivity contribution is 7.17. The number of hydrogen-bond acceptors (Lipinski definition) is 5. The van der Waals surface area contributed by atoms with Gasteiger partial charge < -0.3 is 14.6 Å². The fraction of sp³-hybridized carbons (Fsp3) is 0.208. The number of amides is 1. The summed E-state index contributed by atoms with van der Waals surface area (Å²) in [4.78, 5) is 22.4. The lowest BCUT2D eigenvalue weighted by Crippen LogP contribution is -2.31. The van der Waals surface area contributed by atoms with Crippen molar-refractivity contribution in [3.8, 4) is 16.3 Å². The number of carbonyl (C=O) groups is 1. The number of nitrogens with one attached hydrogen (secondary N) is 1. The first-order valence-electron chi connectivity index (χ1n) is 10.2. The summed E-state index contributed by atoms with van der Waals surface area (Å²) in [5, 5.41) is 3.49. The van der Waals surface area contributed by atoms with Crippen LogP contribution in [0, 0.1) is 6.92 Å². The van der Waals surface area contributed by atoms with Crippen LogP contribution in [0.5, 0.6) is 5.75 Å². The Morgan fingerprint density at radius 2 is 1.79 bits per heavy atom. The summed E-state index contributed by atoms with van der Waals surface area (Å²) >= 11 is 1.13. The van der Waals surface area contributed by atoms with E-state index in [4.69, 9.17) is 4.74 Å². The zero-order chi connectivity index (χ0) is 24.5. The summed E-state index contributed by atoms with van der Waals surface area (Å²) in [6.45, 7) is 1.70. The Bertz CT molecular complexity index is 1300. The molecule has 10 heteroatoms. The van der Waals surface area contributed by atoms with Gasteiger partial charge in [-0.25, -0.2) is 9.97 Å². The van der Waals surface area contributed by atoms with Crippen molar-refractivity contribution < 1.29 is 22.7 Å². The average Bonchev–Trinajstić information content (AvgIpc) is 3.42. The van der Waals surface area contributed by atoms with E-state index >= 15 is 0 Å². The monoisotopic (exact) mass is 486 g/mol. The molecule has 4 aromatic rings. The number of thiazole rings is 1. The van der Waals surface area contributed by atoms with Gasteiger partial charge in [-0.1, -0.05) is 24.3 Å². The molecule has 0 radical (unpaired) electrons. The molecule has 0 spiro atoms. The predicted octanol–water partition coefficient (Wildman–Crippen LogP) is 5.40. The molecular formula is C24H21F3N4O2S. The molecule has 1 unspecified atom stereocenters. The van der Waals surface area contributed by atoms with E-state index in [0.717, 1.165) is 29.0 Å². The van der Waals surface area contributed by atoms with E-state index in [2.05, 4.69) is 15.3 Å². The number of rotatable bonds is 6. The largest absolute Gasteiger partial charge is 0.497 e. The molecule has 1 amide bonds. The topological polar surface area (TPSA) is 69.0 Å². The minimum absolute atomic E-state index is 0.350. The first kappa shape index (κ1) is 23.5. The average molecular weight is 487 g/mol. The Morgan fingerprint density at radius 1 is 1.12 bits per heavy atom. The molecule has 6 nitrogen and oxygen atoms in total. The zero-order valence-electron chi connectivity index (χ0n) is 18.6. The van der Waals surface area contributed by atoms with Crippen LogP contribution in [0.4, 0.5) is 13.2 Å². The third-order valence-electron chi connectivity index (χ3n) is 5.30. The van der Waals surface area contributed by atoms with Crippen molar-refractivity contribution in [2.75, 3.05) is 7.11 Å². The van der Waals surface area contributed by atoms with Crippen LogP contribution in [-0.4, -0.2) is 27.6 Å². The lowest BCUT2D eigenvalue weighted by molar-refractivity contribution is -0.137. The highest BCUT2D eigenvalue weighted by atomic mass is 32.1. The molecule has 1 atom stereocenters. The first-order valence-corrected chi connectivity index (χ1v) is 11.1. The number of alkyl halides is 3. The van der Waals surface area contributed by atoms with Gasteiger partial charge in [0.25, 0.3) is 5.91 Å². The summed E-state index contributed by atoms with van der Waals surface area (Å²) in [5.41, 5.74) is 1.08. The lowest BCUT2D eigenvalue weighted by atomic mass is 10.1. The maximum absolute atomic E-state index is 13.3. The molecule has 34 heavy (non-hydrogen) atoms. The van der Waals surface area contributed by atoms with Crippen molar-refractivity contribution in [1.82, 2.24) is 19.9 Å². The van der Waals surface area contributed by atoms with Crippen LogP contribution >= 0.6 is 11.3 Å². The van der Waals surface area contributed by atoms with Crippen LogP contribution in [0.1, 0.15) is 38.4 Å². The highest BCUT2D eigenvalue weighted by Gasteiger charge is 2.30. The zero-order valence-corrected chi connectivity index (χ0v) is 19.4. The van der Waals surface area contributed by atoms with Gasteiger partial charge in [0, 0.05) is 25.0 Å². The number of aryl methyl sites for hydroxylation is 2. The van der Waals surface area contributed by atoms with Gasteiger partial charge in [0.2, 0.25) is 0 Å². The lowest BCUT2D eigenvalue weighted by Gasteiger charge is -2.19. The SMILES string of the molecule is COc1ccc(C(NC(=O)c2sc(-c3ccc(C(F)(F)F)cc3)nc2C)c2nccn2C)cc1. The van der Waals surface area contributed by atoms with Crippen molar-refractivity contribution in [2.45, 2.75) is 19.1 Å². The second-order valence-electron chi connectivity index (χ2n) is 7.58. The Morgan fingerprint density at radius 3 is 2.35 bits per heavy atom. The number of aromatic nitrogens is 3. The number of nitrogens with zero attached hydrogens (tertiary/aromatic N) is 3. The first-order chi connectivity index (χ1) is 16.2. The summed E-state index contributed by atoms with van der Waals surface area (Å²) in [5.74, 6) is 0.980. The van der Waals surface area contributed by atoms with Gasteiger partial charge in [-0.05, 0) is 36.8 Å². The van der Waals surface area contributed by atoms with Gasteiger partial charge in [-0.2, -0.15) is 13.2 Å². The summed E-state index contributed by atoms with van der Waals surface area (Å²) in [6.07, 6.45) is -0.971. The number of benzene rings is 2. The van der Waals surface area contributed by atoms with Crippen molar-refractivity contribution in [2.24, 2.45) is 7.05 Å². The molecule has 0 saturated carbocycles. The van der Waals surface area contributed by atoms with Gasteiger partial charge >= 0.3 is 6.18 Å². The maximum Gasteiger partial charge on any atom is 0.416 e. The molecule has 0 fully saturated rings. The summed E-state index contributed by atoms with van der Waals surface area (Å²) in [7, 11) is 3.42. The van der Waals surface area contributed by atoms with Crippen LogP contribution in [0.25, 0.3) is 10.6 Å². The van der Waals surface area contributed by atoms with Gasteiger partial charge in [0.15, 0.2) is 0 Å². The van der Waals surface area contributed by atoms with Crippen LogP contribution < -0.4 is 10.1 Å². The number of ether oxygens (including phenoxy) is 1. The summed E-state index contributed by atoms with van der Waals surface area (Å²) < 4.78 is 45.6. The number of hydrogen-bond donors (Lipinski definition) is 1. The molecule has 0 saturated heterocycles. The number of halogens is 3. The van der Waals surface area contributed by atoms with E-state index in [1.165, 1.54) is 12.1 Å². The molecule has 2 aromatic carbocycles. The van der Waals surface area contributed by atoms with E-state index in [1.54, 1.807) is 38.6 Å². The Hall–Kier alpha value is -3.66. The van der Waals surface area contributed by atoms with Crippen molar-refractivity contribution >= 4 is 17.2 Å². The van der Waals surface area contributed by atoms with Crippen molar-refractivity contribution in [3.63, 3.8) is 0 Å². The Kier molecular flexibility index (Phi) is 6.43. The fourth-order valence-corrected chi connectivity index (χ4v) is 4.45. The molecular weight excluding hydrogens is 465 g/mol. The molecule has 0 bridgehead atoms. The summed E-state index contributed by atoms with van der Waals surface area (Å²) in [6, 6.07) is 11.5. The molecule has 0 aliphatic rings. The molecule has 2 heterocycles. The van der Waals surface area contributed by atoms with E-state index < -0.39 is 17.8 Å². The van der Waals surface area contributed by atoms with E-state index in [1.807, 2.05) is 23.7 Å². The number of methoxy groups -OCH3 is 1. The second kappa shape index (κ2) is 9.30. The van der Waals surface area contributed by atoms with Crippen LogP contribution in [0.2, 0.25) is 0 Å². The molecule has 4 rings (SSSR count). The maximum atomic E-state index is 13.3. The minimum Gasteiger partial charge on any atom is -0.497 e. The molecule has 176 valence electrons. The fourth-order valence-electron chi connectivity index (χ4n) is 3.48. The van der Waals surface area contributed by atoms with Gasteiger partial charge in [-0.15, -0.1) is 11.3 Å². The molecule has 0 aliphatic carbocycles. The van der Waals surface area contributed by atoms with E-state index in [-0.39, 0.29) is 5.91 Å². The Balaban J connectivity index is 1.62. The standard InChI is InChI=1S/C24H21F3N4O2S/c1-14-20(34-23(29-14)16-4-8-17(9-5-16)24(25,26)27)22(32)30-19(21-28-12-13-31(21)2)15-6-10-18(33-3)11-7-15/h4-13,19H,1-3H3,(H,30,32). The molecule has 0 aliphatic heterocycles.